The van der Waals surface area contributed by atoms with Crippen LogP contribution in [0.2, 0.25) is 5.02 Å². The smallest absolute Gasteiger partial charge is 0.0756 e. The molecule has 0 aliphatic heterocycles. The molecule has 0 aliphatic carbocycles. The van der Waals surface area contributed by atoms with Gasteiger partial charge in [-0.25, -0.2) is 0 Å². The molecular weight excluding hydrogens is 258 g/mol. The van der Waals surface area contributed by atoms with Crippen LogP contribution in [-0.4, -0.2) is 9.78 Å². The van der Waals surface area contributed by atoms with Gasteiger partial charge in [0.05, 0.1) is 5.69 Å². The molecule has 0 fully saturated rings. The molecule has 3 nitrogen and oxygen atoms in total. The van der Waals surface area contributed by atoms with Gasteiger partial charge in [0.25, 0.3) is 0 Å². The van der Waals surface area contributed by atoms with Crippen LogP contribution in [0, 0.1) is 0 Å². The summed E-state index contributed by atoms with van der Waals surface area (Å²) in [5.41, 5.74) is 10.1. The van der Waals surface area contributed by atoms with Crippen LogP contribution in [-0.2, 0) is 19.0 Å². The quantitative estimate of drug-likeness (QED) is 0.913. The summed E-state index contributed by atoms with van der Waals surface area (Å²) in [7, 11) is 1.94. The predicted octanol–water partition coefficient (Wildman–Crippen LogP) is 3.50. The highest BCUT2D eigenvalue weighted by atomic mass is 35.5. The Morgan fingerprint density at radius 1 is 1.26 bits per heavy atom. The van der Waals surface area contributed by atoms with E-state index in [2.05, 4.69) is 25.9 Å². The molecule has 0 aliphatic rings. The van der Waals surface area contributed by atoms with E-state index >= 15 is 0 Å². The normalized spacial score (nSPS) is 11.9. The molecule has 2 rings (SSSR count). The first-order valence-electron chi connectivity index (χ1n) is 6.36. The number of hydrogen-bond acceptors (Lipinski definition) is 2. The summed E-state index contributed by atoms with van der Waals surface area (Å²) < 4.78 is 1.84. The molecule has 2 N–H and O–H groups in total. The maximum Gasteiger partial charge on any atom is 0.0756 e. The number of benzene rings is 1. The van der Waals surface area contributed by atoms with Gasteiger partial charge in [0.15, 0.2) is 0 Å². The zero-order valence-corrected chi connectivity index (χ0v) is 12.6. The number of hydrogen-bond donors (Lipinski definition) is 1. The van der Waals surface area contributed by atoms with Gasteiger partial charge in [0.1, 0.15) is 0 Å². The maximum atomic E-state index is 6.13. The average Bonchev–Trinajstić information content (AvgIpc) is 2.71. The lowest BCUT2D eigenvalue weighted by molar-refractivity contribution is 0.554. The molecule has 1 aromatic heterocycles. The molecular formula is C15H20ClN3. The van der Waals surface area contributed by atoms with E-state index in [-0.39, 0.29) is 5.41 Å². The molecule has 0 saturated heterocycles. The third-order valence-corrected chi connectivity index (χ3v) is 3.36. The van der Waals surface area contributed by atoms with E-state index < -0.39 is 0 Å². The van der Waals surface area contributed by atoms with Crippen molar-refractivity contribution in [2.24, 2.45) is 12.8 Å². The Kier molecular flexibility index (Phi) is 3.70. The third kappa shape index (κ3) is 2.82. The largest absolute Gasteiger partial charge is 0.326 e. The Hall–Kier alpha value is -1.32. The number of aromatic nitrogens is 2. The van der Waals surface area contributed by atoms with Crippen molar-refractivity contribution in [1.29, 1.82) is 0 Å². The van der Waals surface area contributed by atoms with Crippen molar-refractivity contribution in [3.05, 3.63) is 40.7 Å². The summed E-state index contributed by atoms with van der Waals surface area (Å²) in [4.78, 5) is 0. The Balaban J connectivity index is 2.68. The lowest BCUT2D eigenvalue weighted by atomic mass is 9.86. The van der Waals surface area contributed by atoms with Crippen LogP contribution in [0.1, 0.15) is 32.0 Å². The standard InChI is InChI=1S/C15H20ClN3/c1-15(2,3)14-13(9-19(4)18-14)12-7-11(16)6-5-10(12)8-17/h5-7,9H,8,17H2,1-4H3. The number of rotatable bonds is 2. The number of aryl methyl sites for hydroxylation is 1. The first-order chi connectivity index (χ1) is 8.82. The fourth-order valence-corrected chi connectivity index (χ4v) is 2.39. The van der Waals surface area contributed by atoms with Gasteiger partial charge in [-0.05, 0) is 23.3 Å². The zero-order chi connectivity index (χ0) is 14.2. The summed E-state index contributed by atoms with van der Waals surface area (Å²) in [5, 5.41) is 5.31. The van der Waals surface area contributed by atoms with Crippen LogP contribution in [0.25, 0.3) is 11.1 Å². The Labute approximate surface area is 119 Å². The van der Waals surface area contributed by atoms with Gasteiger partial charge >= 0.3 is 0 Å². The summed E-state index contributed by atoms with van der Waals surface area (Å²) >= 11 is 6.13. The minimum Gasteiger partial charge on any atom is -0.326 e. The van der Waals surface area contributed by atoms with E-state index in [0.29, 0.717) is 6.54 Å². The van der Waals surface area contributed by atoms with Crippen molar-refractivity contribution >= 4 is 11.6 Å². The summed E-state index contributed by atoms with van der Waals surface area (Å²) in [6.07, 6.45) is 2.03. The van der Waals surface area contributed by atoms with Crippen molar-refractivity contribution in [3.63, 3.8) is 0 Å². The van der Waals surface area contributed by atoms with Gasteiger partial charge < -0.3 is 5.73 Å². The number of nitrogens with zero attached hydrogens (tertiary/aromatic N) is 2. The van der Waals surface area contributed by atoms with Gasteiger partial charge in [0.2, 0.25) is 0 Å². The summed E-state index contributed by atoms with van der Waals surface area (Å²) in [6.45, 7) is 6.97. The van der Waals surface area contributed by atoms with Crippen molar-refractivity contribution in [3.8, 4) is 11.1 Å². The van der Waals surface area contributed by atoms with E-state index in [1.807, 2.05) is 36.1 Å². The van der Waals surface area contributed by atoms with Crippen molar-refractivity contribution < 1.29 is 0 Å². The van der Waals surface area contributed by atoms with Crippen LogP contribution in [0.3, 0.4) is 0 Å². The monoisotopic (exact) mass is 277 g/mol. The molecule has 0 amide bonds. The molecule has 0 radical (unpaired) electrons. The first-order valence-corrected chi connectivity index (χ1v) is 6.73. The molecule has 0 spiro atoms. The second-order valence-corrected chi connectivity index (χ2v) is 6.26. The Morgan fingerprint density at radius 3 is 2.53 bits per heavy atom. The van der Waals surface area contributed by atoms with Crippen molar-refractivity contribution in [2.75, 3.05) is 0 Å². The van der Waals surface area contributed by atoms with Gasteiger partial charge in [0, 0.05) is 35.8 Å². The second kappa shape index (κ2) is 4.99. The minimum absolute atomic E-state index is 0.0230. The first kappa shape index (κ1) is 14.1. The van der Waals surface area contributed by atoms with Crippen LogP contribution in [0.15, 0.2) is 24.4 Å². The highest BCUT2D eigenvalue weighted by Gasteiger charge is 2.23. The van der Waals surface area contributed by atoms with Crippen LogP contribution in [0.4, 0.5) is 0 Å². The average molecular weight is 278 g/mol. The van der Waals surface area contributed by atoms with E-state index in [1.54, 1.807) is 0 Å². The van der Waals surface area contributed by atoms with Gasteiger partial charge in [-0.2, -0.15) is 5.10 Å². The third-order valence-electron chi connectivity index (χ3n) is 3.12. The molecule has 19 heavy (non-hydrogen) atoms. The molecule has 0 unspecified atom stereocenters. The fourth-order valence-electron chi connectivity index (χ4n) is 2.22. The molecule has 0 bridgehead atoms. The molecule has 1 heterocycles. The number of nitrogens with two attached hydrogens (primary N) is 1. The molecule has 2 aromatic rings. The van der Waals surface area contributed by atoms with E-state index in [4.69, 9.17) is 17.3 Å². The van der Waals surface area contributed by atoms with Crippen LogP contribution < -0.4 is 5.73 Å². The summed E-state index contributed by atoms with van der Waals surface area (Å²) in [5.74, 6) is 0. The fraction of sp³-hybridized carbons (Fsp3) is 0.400. The number of halogens is 1. The van der Waals surface area contributed by atoms with E-state index in [9.17, 15) is 0 Å². The van der Waals surface area contributed by atoms with E-state index in [0.717, 1.165) is 27.4 Å². The Bertz CT molecular complexity index is 594. The molecule has 102 valence electrons. The second-order valence-electron chi connectivity index (χ2n) is 5.82. The van der Waals surface area contributed by atoms with Crippen molar-refractivity contribution in [2.45, 2.75) is 32.7 Å². The summed E-state index contributed by atoms with van der Waals surface area (Å²) in [6, 6.07) is 5.83. The van der Waals surface area contributed by atoms with E-state index in [1.165, 1.54) is 0 Å². The zero-order valence-electron chi connectivity index (χ0n) is 11.9. The lowest BCUT2D eigenvalue weighted by Gasteiger charge is -2.18. The molecule has 1 aromatic carbocycles. The molecule has 4 heteroatoms. The highest BCUT2D eigenvalue weighted by molar-refractivity contribution is 6.30. The van der Waals surface area contributed by atoms with Crippen LogP contribution >= 0.6 is 11.6 Å². The minimum atomic E-state index is -0.0230. The van der Waals surface area contributed by atoms with Crippen LogP contribution in [0.5, 0.6) is 0 Å². The van der Waals surface area contributed by atoms with Gasteiger partial charge in [-0.1, -0.05) is 38.4 Å². The van der Waals surface area contributed by atoms with Gasteiger partial charge in [-0.3, -0.25) is 4.68 Å². The lowest BCUT2D eigenvalue weighted by Crippen LogP contribution is -2.14. The van der Waals surface area contributed by atoms with Gasteiger partial charge in [-0.15, -0.1) is 0 Å². The highest BCUT2D eigenvalue weighted by Crippen LogP contribution is 2.34. The van der Waals surface area contributed by atoms with Crippen molar-refractivity contribution in [1.82, 2.24) is 9.78 Å². The predicted molar refractivity (Wildman–Crippen MR) is 80.2 cm³/mol. The topological polar surface area (TPSA) is 43.8 Å². The molecule has 0 saturated carbocycles. The Morgan fingerprint density at radius 2 is 1.95 bits per heavy atom. The maximum absolute atomic E-state index is 6.13. The molecule has 0 atom stereocenters. The SMILES string of the molecule is Cn1cc(-c2cc(Cl)ccc2CN)c(C(C)(C)C)n1.